The van der Waals surface area contributed by atoms with Crippen molar-refractivity contribution in [3.05, 3.63) is 0 Å². The summed E-state index contributed by atoms with van der Waals surface area (Å²) in [4.78, 5) is 2.33. The van der Waals surface area contributed by atoms with Crippen molar-refractivity contribution in [3.63, 3.8) is 0 Å². The maximum absolute atomic E-state index is 3.38. The summed E-state index contributed by atoms with van der Waals surface area (Å²) in [6, 6.07) is 0.880. The van der Waals surface area contributed by atoms with Crippen molar-refractivity contribution >= 4 is 0 Å². The molecule has 0 amide bonds. The highest BCUT2D eigenvalue weighted by molar-refractivity contribution is 4.74. The van der Waals surface area contributed by atoms with Gasteiger partial charge in [-0.25, -0.2) is 0 Å². The van der Waals surface area contributed by atoms with Crippen LogP contribution in [0.1, 0.15) is 40.0 Å². The molecule has 16 heavy (non-hydrogen) atoms. The van der Waals surface area contributed by atoms with Crippen molar-refractivity contribution < 1.29 is 0 Å². The molecule has 0 bridgehead atoms. The van der Waals surface area contributed by atoms with E-state index < -0.39 is 0 Å². The molecule has 2 aliphatic rings. The molecule has 0 atom stereocenters. The molecule has 3 nitrogen and oxygen atoms in total. The topological polar surface area (TPSA) is 27.3 Å². The highest BCUT2D eigenvalue weighted by Crippen LogP contribution is 2.17. The van der Waals surface area contributed by atoms with E-state index in [-0.39, 0.29) is 0 Å². The molecular formula is C13H31N3. The summed E-state index contributed by atoms with van der Waals surface area (Å²) in [7, 11) is 2.15. The maximum Gasteiger partial charge on any atom is 0.0104 e. The van der Waals surface area contributed by atoms with Crippen molar-refractivity contribution in [1.29, 1.82) is 0 Å². The third-order valence-corrected chi connectivity index (χ3v) is 2.94. The zero-order valence-corrected chi connectivity index (χ0v) is 11.7. The lowest BCUT2D eigenvalue weighted by Crippen LogP contribution is -2.40. The average molecular weight is 229 g/mol. The summed E-state index contributed by atoms with van der Waals surface area (Å²) < 4.78 is 0. The largest absolute Gasteiger partial charge is 0.314 e. The Kier molecular flexibility index (Phi) is 11.3. The Bertz CT molecular complexity index is 129. The molecule has 0 spiro atoms. The molecule has 1 heterocycles. The minimum Gasteiger partial charge on any atom is -0.314 e. The van der Waals surface area contributed by atoms with Gasteiger partial charge in [0.1, 0.15) is 0 Å². The van der Waals surface area contributed by atoms with Crippen LogP contribution in [0.5, 0.6) is 0 Å². The van der Waals surface area contributed by atoms with Crippen LogP contribution in [-0.4, -0.2) is 50.7 Å². The molecule has 2 N–H and O–H groups in total. The molecule has 1 aliphatic carbocycles. The van der Waals surface area contributed by atoms with Crippen LogP contribution in [0, 0.1) is 0 Å². The SMILES string of the molecule is CC.CCNC1CCC1.CN1CCNCC1. The first kappa shape index (κ1) is 15.9. The molecular weight excluding hydrogens is 198 g/mol. The number of likely N-dealkylation sites (N-methyl/N-ethyl adjacent to an activating group) is 1. The third kappa shape index (κ3) is 8.08. The van der Waals surface area contributed by atoms with Crippen LogP contribution >= 0.6 is 0 Å². The van der Waals surface area contributed by atoms with E-state index in [0.29, 0.717) is 0 Å². The van der Waals surface area contributed by atoms with Gasteiger partial charge >= 0.3 is 0 Å². The summed E-state index contributed by atoms with van der Waals surface area (Å²) in [6.45, 7) is 12.1. The molecule has 3 heteroatoms. The van der Waals surface area contributed by atoms with E-state index in [4.69, 9.17) is 0 Å². The van der Waals surface area contributed by atoms with Crippen molar-refractivity contribution in [3.8, 4) is 0 Å². The quantitative estimate of drug-likeness (QED) is 0.755. The predicted molar refractivity (Wildman–Crippen MR) is 73.0 cm³/mol. The number of nitrogens with one attached hydrogen (secondary N) is 2. The zero-order valence-electron chi connectivity index (χ0n) is 11.7. The molecule has 1 saturated heterocycles. The monoisotopic (exact) mass is 229 g/mol. The molecule has 0 aromatic carbocycles. The van der Waals surface area contributed by atoms with Gasteiger partial charge < -0.3 is 15.5 Å². The standard InChI is InChI=1S/C6H13N.C5H12N2.C2H6/c1-2-7-6-4-3-5-6;1-7-4-2-6-3-5-7;1-2/h6-7H,2-5H2,1H3;6H,2-5H2,1H3;1-2H3. The lowest BCUT2D eigenvalue weighted by molar-refractivity contribution is 0.291. The first-order valence-corrected chi connectivity index (χ1v) is 6.95. The minimum absolute atomic E-state index is 0.880. The number of rotatable bonds is 2. The van der Waals surface area contributed by atoms with Crippen molar-refractivity contribution in [2.24, 2.45) is 0 Å². The smallest absolute Gasteiger partial charge is 0.0104 e. The first-order valence-electron chi connectivity index (χ1n) is 6.95. The Hall–Kier alpha value is -0.120. The van der Waals surface area contributed by atoms with Gasteiger partial charge in [-0.2, -0.15) is 0 Å². The number of hydrogen-bond acceptors (Lipinski definition) is 3. The average Bonchev–Trinajstić information content (AvgIpc) is 2.28. The lowest BCUT2D eigenvalue weighted by Gasteiger charge is -2.25. The Morgan fingerprint density at radius 2 is 1.75 bits per heavy atom. The van der Waals surface area contributed by atoms with E-state index in [0.717, 1.165) is 25.7 Å². The second-order valence-corrected chi connectivity index (χ2v) is 4.24. The van der Waals surface area contributed by atoms with Gasteiger partial charge in [0.15, 0.2) is 0 Å². The minimum atomic E-state index is 0.880. The van der Waals surface area contributed by atoms with Crippen LogP contribution in [0.15, 0.2) is 0 Å². The summed E-state index contributed by atoms with van der Waals surface area (Å²) in [5.74, 6) is 0. The molecule has 98 valence electrons. The third-order valence-electron chi connectivity index (χ3n) is 2.94. The van der Waals surface area contributed by atoms with Gasteiger partial charge in [-0.1, -0.05) is 27.2 Å². The van der Waals surface area contributed by atoms with Crippen LogP contribution in [0.4, 0.5) is 0 Å². The van der Waals surface area contributed by atoms with Crippen LogP contribution in [0.25, 0.3) is 0 Å². The number of hydrogen-bond donors (Lipinski definition) is 2. The Labute approximate surface area is 102 Å². The van der Waals surface area contributed by atoms with Crippen LogP contribution < -0.4 is 10.6 Å². The van der Waals surface area contributed by atoms with Gasteiger partial charge in [0.05, 0.1) is 0 Å². The van der Waals surface area contributed by atoms with Gasteiger partial charge in [0.2, 0.25) is 0 Å². The highest BCUT2D eigenvalue weighted by atomic mass is 15.2. The van der Waals surface area contributed by atoms with E-state index in [1.54, 1.807) is 0 Å². The molecule has 0 aromatic rings. The van der Waals surface area contributed by atoms with E-state index in [1.165, 1.54) is 32.4 Å². The Morgan fingerprint density at radius 1 is 1.19 bits per heavy atom. The van der Waals surface area contributed by atoms with Crippen LogP contribution in [0.2, 0.25) is 0 Å². The van der Waals surface area contributed by atoms with Crippen molar-refractivity contribution in [1.82, 2.24) is 15.5 Å². The Morgan fingerprint density at radius 3 is 1.94 bits per heavy atom. The summed E-state index contributed by atoms with van der Waals surface area (Å²) in [5, 5.41) is 6.66. The maximum atomic E-state index is 3.38. The highest BCUT2D eigenvalue weighted by Gasteiger charge is 2.14. The van der Waals surface area contributed by atoms with Gasteiger partial charge in [0.25, 0.3) is 0 Å². The molecule has 0 radical (unpaired) electrons. The Balaban J connectivity index is 0.000000244. The second kappa shape index (κ2) is 11.4. The zero-order chi connectivity index (χ0) is 12.2. The lowest BCUT2D eigenvalue weighted by atomic mass is 9.93. The van der Waals surface area contributed by atoms with E-state index in [1.807, 2.05) is 13.8 Å². The molecule has 1 saturated carbocycles. The van der Waals surface area contributed by atoms with Crippen LogP contribution in [-0.2, 0) is 0 Å². The van der Waals surface area contributed by atoms with Gasteiger partial charge in [-0.05, 0) is 26.4 Å². The van der Waals surface area contributed by atoms with E-state index >= 15 is 0 Å². The second-order valence-electron chi connectivity index (χ2n) is 4.24. The molecule has 0 aromatic heterocycles. The first-order chi connectivity index (χ1) is 7.83. The van der Waals surface area contributed by atoms with Crippen molar-refractivity contribution in [2.75, 3.05) is 39.8 Å². The summed E-state index contributed by atoms with van der Waals surface area (Å²) in [6.07, 6.45) is 4.26. The van der Waals surface area contributed by atoms with Crippen molar-refractivity contribution in [2.45, 2.75) is 46.1 Å². The van der Waals surface area contributed by atoms with Gasteiger partial charge in [-0.3, -0.25) is 0 Å². The van der Waals surface area contributed by atoms with Crippen LogP contribution in [0.3, 0.4) is 0 Å². The summed E-state index contributed by atoms with van der Waals surface area (Å²) in [5.41, 5.74) is 0. The molecule has 1 aliphatic heterocycles. The van der Waals surface area contributed by atoms with E-state index in [2.05, 4.69) is 29.5 Å². The van der Waals surface area contributed by atoms with E-state index in [9.17, 15) is 0 Å². The van der Waals surface area contributed by atoms with Gasteiger partial charge in [-0.15, -0.1) is 0 Å². The molecule has 2 fully saturated rings. The fourth-order valence-corrected chi connectivity index (χ4v) is 1.68. The molecule has 0 unspecified atom stereocenters. The van der Waals surface area contributed by atoms with Gasteiger partial charge in [0, 0.05) is 32.2 Å². The predicted octanol–water partition coefficient (Wildman–Crippen LogP) is 1.70. The number of nitrogens with zero attached hydrogens (tertiary/aromatic N) is 1. The number of piperazine rings is 1. The normalized spacial score (nSPS) is 21.0. The fourth-order valence-electron chi connectivity index (χ4n) is 1.68. The fraction of sp³-hybridized carbons (Fsp3) is 1.00. The molecule has 2 rings (SSSR count). The summed E-state index contributed by atoms with van der Waals surface area (Å²) >= 11 is 0.